The van der Waals surface area contributed by atoms with Crippen molar-refractivity contribution in [2.75, 3.05) is 0 Å². The Morgan fingerprint density at radius 1 is 1.33 bits per heavy atom. The maximum absolute atomic E-state index is 5.86. The molecule has 2 rings (SSSR count). The van der Waals surface area contributed by atoms with Crippen LogP contribution in [0.3, 0.4) is 0 Å². The monoisotopic (exact) mass is 182 g/mol. The molecule has 0 amide bonds. The fourth-order valence-electron chi connectivity index (χ4n) is 1.14. The van der Waals surface area contributed by atoms with Crippen molar-refractivity contribution < 1.29 is 4.42 Å². The Bertz CT molecular complexity index is 436. The largest absolute Gasteiger partial charge is 0.443 e. The standard InChI is InChI=1S/C8H7ClN2O/c1-4-5(2)12-8-6(4)7(9)10-3-11-8/h3H,1-2H3. The van der Waals surface area contributed by atoms with Crippen LogP contribution < -0.4 is 0 Å². The minimum Gasteiger partial charge on any atom is -0.443 e. The van der Waals surface area contributed by atoms with Crippen LogP contribution in [0, 0.1) is 13.8 Å². The Morgan fingerprint density at radius 3 is 2.75 bits per heavy atom. The number of aromatic nitrogens is 2. The number of hydrogen-bond acceptors (Lipinski definition) is 3. The van der Waals surface area contributed by atoms with Gasteiger partial charge in [-0.15, -0.1) is 0 Å². The van der Waals surface area contributed by atoms with Crippen molar-refractivity contribution in [3.05, 3.63) is 22.8 Å². The number of rotatable bonds is 0. The van der Waals surface area contributed by atoms with Crippen LogP contribution in [0.15, 0.2) is 10.7 Å². The number of nitrogens with zero attached hydrogens (tertiary/aromatic N) is 2. The van der Waals surface area contributed by atoms with Crippen LogP contribution in [-0.2, 0) is 0 Å². The highest BCUT2D eigenvalue weighted by atomic mass is 35.5. The Kier molecular flexibility index (Phi) is 1.54. The fourth-order valence-corrected chi connectivity index (χ4v) is 1.41. The molecule has 0 spiro atoms. The molecule has 0 radical (unpaired) electrons. The van der Waals surface area contributed by atoms with E-state index in [1.54, 1.807) is 0 Å². The summed E-state index contributed by atoms with van der Waals surface area (Å²) in [4.78, 5) is 7.84. The van der Waals surface area contributed by atoms with Crippen LogP contribution >= 0.6 is 11.6 Å². The van der Waals surface area contributed by atoms with Crippen LogP contribution in [0.5, 0.6) is 0 Å². The molecule has 0 aliphatic heterocycles. The summed E-state index contributed by atoms with van der Waals surface area (Å²) in [5.74, 6) is 0.840. The van der Waals surface area contributed by atoms with Gasteiger partial charge in [-0.05, 0) is 13.8 Å². The van der Waals surface area contributed by atoms with E-state index in [4.69, 9.17) is 16.0 Å². The summed E-state index contributed by atoms with van der Waals surface area (Å²) in [5, 5.41) is 1.27. The molecule has 0 fully saturated rings. The quantitative estimate of drug-likeness (QED) is 0.588. The first kappa shape index (κ1) is 7.55. The van der Waals surface area contributed by atoms with Crippen LogP contribution in [0.1, 0.15) is 11.3 Å². The minimum absolute atomic E-state index is 0.453. The smallest absolute Gasteiger partial charge is 0.231 e. The van der Waals surface area contributed by atoms with E-state index in [-0.39, 0.29) is 0 Å². The third-order valence-corrected chi connectivity index (χ3v) is 2.21. The third kappa shape index (κ3) is 0.898. The molecule has 4 heteroatoms. The Hall–Kier alpha value is -1.09. The number of halogens is 1. The highest BCUT2D eigenvalue weighted by Crippen LogP contribution is 2.27. The van der Waals surface area contributed by atoms with E-state index in [0.717, 1.165) is 16.7 Å². The van der Waals surface area contributed by atoms with Gasteiger partial charge in [0.2, 0.25) is 5.71 Å². The SMILES string of the molecule is Cc1oc2ncnc(Cl)c2c1C. The second kappa shape index (κ2) is 2.45. The topological polar surface area (TPSA) is 38.9 Å². The summed E-state index contributed by atoms with van der Waals surface area (Å²) >= 11 is 5.86. The minimum atomic E-state index is 0.453. The summed E-state index contributed by atoms with van der Waals surface area (Å²) in [5.41, 5.74) is 1.57. The Labute approximate surface area is 74.4 Å². The maximum Gasteiger partial charge on any atom is 0.231 e. The van der Waals surface area contributed by atoms with Gasteiger partial charge in [0.05, 0.1) is 5.39 Å². The van der Waals surface area contributed by atoms with Gasteiger partial charge in [0.25, 0.3) is 0 Å². The van der Waals surface area contributed by atoms with E-state index in [1.807, 2.05) is 13.8 Å². The van der Waals surface area contributed by atoms with E-state index in [2.05, 4.69) is 9.97 Å². The molecule has 0 aliphatic carbocycles. The average molecular weight is 183 g/mol. The van der Waals surface area contributed by atoms with Crippen molar-refractivity contribution in [1.82, 2.24) is 9.97 Å². The predicted octanol–water partition coefficient (Wildman–Crippen LogP) is 2.49. The van der Waals surface area contributed by atoms with Crippen molar-refractivity contribution in [2.24, 2.45) is 0 Å². The molecule has 2 heterocycles. The maximum atomic E-state index is 5.86. The summed E-state index contributed by atoms with van der Waals surface area (Å²) in [6, 6.07) is 0. The van der Waals surface area contributed by atoms with Crippen molar-refractivity contribution >= 4 is 22.7 Å². The molecule has 0 unspecified atom stereocenters. The molecule has 0 N–H and O–H groups in total. The fraction of sp³-hybridized carbons (Fsp3) is 0.250. The zero-order valence-electron chi connectivity index (χ0n) is 6.76. The molecule has 0 bridgehead atoms. The lowest BCUT2D eigenvalue weighted by Crippen LogP contribution is -1.80. The number of aryl methyl sites for hydroxylation is 2. The molecule has 0 aromatic carbocycles. The van der Waals surface area contributed by atoms with Crippen LogP contribution in [-0.4, -0.2) is 9.97 Å². The van der Waals surface area contributed by atoms with Crippen molar-refractivity contribution in [1.29, 1.82) is 0 Å². The molecule has 12 heavy (non-hydrogen) atoms. The second-order valence-electron chi connectivity index (χ2n) is 2.63. The molecule has 62 valence electrons. The van der Waals surface area contributed by atoms with Gasteiger partial charge in [0.15, 0.2) is 0 Å². The van der Waals surface area contributed by atoms with Gasteiger partial charge in [-0.25, -0.2) is 9.97 Å². The van der Waals surface area contributed by atoms with E-state index in [9.17, 15) is 0 Å². The van der Waals surface area contributed by atoms with Gasteiger partial charge >= 0.3 is 0 Å². The van der Waals surface area contributed by atoms with Gasteiger partial charge < -0.3 is 4.42 Å². The number of fused-ring (bicyclic) bond motifs is 1. The molecule has 3 nitrogen and oxygen atoms in total. The van der Waals surface area contributed by atoms with Gasteiger partial charge in [-0.2, -0.15) is 0 Å². The van der Waals surface area contributed by atoms with Gasteiger partial charge in [-0.1, -0.05) is 11.6 Å². The Morgan fingerprint density at radius 2 is 2.08 bits per heavy atom. The van der Waals surface area contributed by atoms with Crippen LogP contribution in [0.2, 0.25) is 5.15 Å². The van der Waals surface area contributed by atoms with E-state index in [1.165, 1.54) is 6.33 Å². The van der Waals surface area contributed by atoms with Crippen molar-refractivity contribution in [2.45, 2.75) is 13.8 Å². The molecule has 2 aromatic rings. The molecule has 0 saturated carbocycles. The summed E-state index contributed by atoms with van der Waals surface area (Å²) < 4.78 is 5.34. The van der Waals surface area contributed by atoms with Crippen LogP contribution in [0.25, 0.3) is 11.1 Å². The lowest BCUT2D eigenvalue weighted by atomic mass is 10.2. The predicted molar refractivity (Wildman–Crippen MR) is 46.3 cm³/mol. The van der Waals surface area contributed by atoms with Crippen molar-refractivity contribution in [3.8, 4) is 0 Å². The lowest BCUT2D eigenvalue weighted by molar-refractivity contribution is 0.564. The summed E-state index contributed by atoms with van der Waals surface area (Å²) in [7, 11) is 0. The first-order valence-corrected chi connectivity index (χ1v) is 3.94. The lowest BCUT2D eigenvalue weighted by Gasteiger charge is -1.89. The zero-order chi connectivity index (χ0) is 8.72. The molecule has 0 atom stereocenters. The highest BCUT2D eigenvalue weighted by molar-refractivity contribution is 6.34. The molecule has 0 aliphatic rings. The first-order chi connectivity index (χ1) is 5.70. The third-order valence-electron chi connectivity index (χ3n) is 1.92. The normalized spacial score (nSPS) is 10.9. The van der Waals surface area contributed by atoms with Crippen molar-refractivity contribution in [3.63, 3.8) is 0 Å². The van der Waals surface area contributed by atoms with E-state index >= 15 is 0 Å². The van der Waals surface area contributed by atoms with E-state index < -0.39 is 0 Å². The van der Waals surface area contributed by atoms with E-state index in [0.29, 0.717) is 10.9 Å². The molecule has 0 saturated heterocycles. The zero-order valence-corrected chi connectivity index (χ0v) is 7.51. The number of furan rings is 1. The number of hydrogen-bond donors (Lipinski definition) is 0. The molecular weight excluding hydrogens is 176 g/mol. The summed E-state index contributed by atoms with van der Waals surface area (Å²) in [6.45, 7) is 3.82. The first-order valence-electron chi connectivity index (χ1n) is 3.56. The van der Waals surface area contributed by atoms with Gasteiger partial charge in [0.1, 0.15) is 17.2 Å². The summed E-state index contributed by atoms with van der Waals surface area (Å²) in [6.07, 6.45) is 1.40. The second-order valence-corrected chi connectivity index (χ2v) is 2.99. The molecular formula is C8H7ClN2O. The highest BCUT2D eigenvalue weighted by Gasteiger charge is 2.11. The molecule has 2 aromatic heterocycles. The average Bonchev–Trinajstić information content (AvgIpc) is 2.29. The van der Waals surface area contributed by atoms with Gasteiger partial charge in [-0.3, -0.25) is 0 Å². The Balaban J connectivity index is 2.97. The van der Waals surface area contributed by atoms with Gasteiger partial charge in [0, 0.05) is 5.56 Å². The van der Waals surface area contributed by atoms with Crippen LogP contribution in [0.4, 0.5) is 0 Å².